The molecule has 0 aromatic carbocycles. The average molecular weight is 307 g/mol. The maximum atomic E-state index is 12.4. The number of aromatic nitrogens is 4. The van der Waals surface area contributed by atoms with Crippen molar-refractivity contribution in [2.45, 2.75) is 45.3 Å². The van der Waals surface area contributed by atoms with E-state index in [0.29, 0.717) is 10.9 Å². The number of carbonyl (C=O) groups is 1. The maximum absolute atomic E-state index is 12.4. The van der Waals surface area contributed by atoms with Crippen molar-refractivity contribution in [1.82, 2.24) is 19.4 Å². The van der Waals surface area contributed by atoms with Crippen molar-refractivity contribution in [3.63, 3.8) is 0 Å². The van der Waals surface area contributed by atoms with Gasteiger partial charge in [-0.1, -0.05) is 11.8 Å². The molecule has 0 saturated carbocycles. The summed E-state index contributed by atoms with van der Waals surface area (Å²) in [5, 5.41) is 8.09. The van der Waals surface area contributed by atoms with E-state index in [1.807, 2.05) is 19.9 Å². The molecule has 7 heteroatoms. The molecule has 114 valence electrons. The van der Waals surface area contributed by atoms with Crippen LogP contribution in [0.1, 0.15) is 42.5 Å². The van der Waals surface area contributed by atoms with Gasteiger partial charge in [0.25, 0.3) is 0 Å². The van der Waals surface area contributed by atoms with E-state index in [2.05, 4.69) is 35.5 Å². The fraction of sp³-hybridized carbons (Fsp3) is 0.500. The Kier molecular flexibility index (Phi) is 4.13. The summed E-state index contributed by atoms with van der Waals surface area (Å²) in [6, 6.07) is 1.96. The first-order chi connectivity index (χ1) is 9.71. The molecule has 2 aromatic rings. The Morgan fingerprint density at radius 3 is 2.52 bits per heavy atom. The van der Waals surface area contributed by atoms with E-state index in [4.69, 9.17) is 5.84 Å². The summed E-state index contributed by atoms with van der Waals surface area (Å²) in [7, 11) is 0. The number of Topliss-reactive ketones (excluding diaryl/α,β-unsaturated/α-hetero) is 1. The van der Waals surface area contributed by atoms with Crippen molar-refractivity contribution in [3.05, 3.63) is 29.3 Å². The first kappa shape index (κ1) is 15.6. The molecule has 6 nitrogen and oxygen atoms in total. The van der Waals surface area contributed by atoms with E-state index in [1.54, 1.807) is 0 Å². The Hall–Kier alpha value is -1.76. The Morgan fingerprint density at radius 2 is 2.05 bits per heavy atom. The highest BCUT2D eigenvalue weighted by atomic mass is 32.2. The van der Waals surface area contributed by atoms with Gasteiger partial charge >= 0.3 is 0 Å². The molecule has 2 aromatic heterocycles. The van der Waals surface area contributed by atoms with E-state index in [9.17, 15) is 4.79 Å². The number of carbonyl (C=O) groups excluding carboxylic acids is 1. The van der Waals surface area contributed by atoms with Crippen LogP contribution in [0.4, 0.5) is 0 Å². The van der Waals surface area contributed by atoms with Crippen LogP contribution in [0.25, 0.3) is 0 Å². The second-order valence-corrected chi connectivity index (χ2v) is 6.97. The fourth-order valence-corrected chi connectivity index (χ4v) is 3.34. The van der Waals surface area contributed by atoms with Crippen LogP contribution in [0.2, 0.25) is 0 Å². The summed E-state index contributed by atoms with van der Waals surface area (Å²) >= 11 is 1.29. The second-order valence-electron chi connectivity index (χ2n) is 6.02. The molecule has 0 unspecified atom stereocenters. The Labute approximate surface area is 128 Å². The third kappa shape index (κ3) is 3.12. The first-order valence-electron chi connectivity index (χ1n) is 6.72. The van der Waals surface area contributed by atoms with Crippen LogP contribution >= 0.6 is 11.8 Å². The van der Waals surface area contributed by atoms with Crippen LogP contribution in [0, 0.1) is 13.8 Å². The average Bonchev–Trinajstić information content (AvgIpc) is 2.89. The van der Waals surface area contributed by atoms with Gasteiger partial charge < -0.3 is 10.4 Å². The monoisotopic (exact) mass is 307 g/mol. The molecular weight excluding hydrogens is 286 g/mol. The van der Waals surface area contributed by atoms with Gasteiger partial charge in [-0.15, -0.1) is 10.2 Å². The van der Waals surface area contributed by atoms with Crippen molar-refractivity contribution in [2.24, 2.45) is 0 Å². The maximum Gasteiger partial charge on any atom is 0.209 e. The summed E-state index contributed by atoms with van der Waals surface area (Å²) in [4.78, 5) is 12.4. The van der Waals surface area contributed by atoms with E-state index in [0.717, 1.165) is 17.0 Å². The molecule has 0 aliphatic heterocycles. The predicted octanol–water partition coefficient (Wildman–Crippen LogP) is 2.14. The highest BCUT2D eigenvalue weighted by Gasteiger charge is 2.22. The number of rotatable bonds is 4. The van der Waals surface area contributed by atoms with Gasteiger partial charge in [0.1, 0.15) is 6.33 Å². The third-order valence-corrected chi connectivity index (χ3v) is 4.23. The van der Waals surface area contributed by atoms with Crippen molar-refractivity contribution in [1.29, 1.82) is 0 Å². The van der Waals surface area contributed by atoms with Gasteiger partial charge in [0.05, 0.1) is 5.75 Å². The van der Waals surface area contributed by atoms with Crippen molar-refractivity contribution >= 4 is 17.5 Å². The van der Waals surface area contributed by atoms with Gasteiger partial charge in [-0.25, -0.2) is 4.68 Å². The van der Waals surface area contributed by atoms with Gasteiger partial charge in [-0.05, 0) is 40.7 Å². The minimum Gasteiger partial charge on any atom is -0.343 e. The quantitative estimate of drug-likeness (QED) is 0.532. The van der Waals surface area contributed by atoms with E-state index in [1.165, 1.54) is 22.8 Å². The number of aryl methyl sites for hydroxylation is 1. The number of ketones is 1. The molecule has 0 fully saturated rings. The lowest BCUT2D eigenvalue weighted by molar-refractivity contribution is 0.102. The summed E-state index contributed by atoms with van der Waals surface area (Å²) in [5.74, 6) is 6.01. The van der Waals surface area contributed by atoms with E-state index in [-0.39, 0.29) is 11.3 Å². The topological polar surface area (TPSA) is 78.7 Å². The Morgan fingerprint density at radius 1 is 1.38 bits per heavy atom. The number of hydrogen-bond donors (Lipinski definition) is 1. The molecule has 0 spiro atoms. The van der Waals surface area contributed by atoms with E-state index < -0.39 is 0 Å². The van der Waals surface area contributed by atoms with Gasteiger partial charge in [0, 0.05) is 22.5 Å². The highest BCUT2D eigenvalue weighted by molar-refractivity contribution is 7.99. The zero-order valence-electron chi connectivity index (χ0n) is 13.0. The largest absolute Gasteiger partial charge is 0.343 e. The molecule has 21 heavy (non-hydrogen) atoms. The number of nitrogens with two attached hydrogens (primary N) is 1. The SMILES string of the molecule is Cc1cc(C(=O)CSc2nncn2N)c(C)n1C(C)(C)C. The van der Waals surface area contributed by atoms with Crippen molar-refractivity contribution in [2.75, 3.05) is 11.6 Å². The number of hydrogen-bond acceptors (Lipinski definition) is 5. The Balaban J connectivity index is 2.19. The first-order valence-corrected chi connectivity index (χ1v) is 7.71. The summed E-state index contributed by atoms with van der Waals surface area (Å²) in [6.07, 6.45) is 1.41. The minimum absolute atomic E-state index is 0.0444. The van der Waals surface area contributed by atoms with Gasteiger partial charge in [-0.3, -0.25) is 4.79 Å². The van der Waals surface area contributed by atoms with Crippen molar-refractivity contribution < 1.29 is 4.79 Å². The van der Waals surface area contributed by atoms with Gasteiger partial charge in [0.2, 0.25) is 5.16 Å². The van der Waals surface area contributed by atoms with Crippen LogP contribution in [0.15, 0.2) is 17.6 Å². The lowest BCUT2D eigenvalue weighted by Gasteiger charge is -2.25. The number of nitrogens with zero attached hydrogens (tertiary/aromatic N) is 4. The molecule has 0 aliphatic carbocycles. The molecule has 0 radical (unpaired) electrons. The predicted molar refractivity (Wildman–Crippen MR) is 84.1 cm³/mol. The molecule has 0 bridgehead atoms. The molecule has 0 amide bonds. The normalized spacial score (nSPS) is 11.9. The highest BCUT2D eigenvalue weighted by Crippen LogP contribution is 2.26. The molecule has 0 aliphatic rings. The molecule has 2 heterocycles. The number of thioether (sulfide) groups is 1. The summed E-state index contributed by atoms with van der Waals surface area (Å²) < 4.78 is 3.51. The molecule has 2 rings (SSSR count). The standard InChI is InChI=1S/C14H21N5OS/c1-9-6-11(10(2)19(9)14(3,4)5)12(20)7-21-13-17-16-8-18(13)15/h6,8H,7,15H2,1-5H3. The smallest absolute Gasteiger partial charge is 0.209 e. The Bertz CT molecular complexity index is 665. The molecule has 2 N–H and O–H groups in total. The summed E-state index contributed by atoms with van der Waals surface area (Å²) in [6.45, 7) is 10.4. The van der Waals surface area contributed by atoms with Gasteiger partial charge in [-0.2, -0.15) is 0 Å². The van der Waals surface area contributed by atoms with Crippen LogP contribution < -0.4 is 5.84 Å². The third-order valence-electron chi connectivity index (χ3n) is 3.27. The van der Waals surface area contributed by atoms with Crippen LogP contribution in [-0.2, 0) is 5.54 Å². The van der Waals surface area contributed by atoms with E-state index >= 15 is 0 Å². The lowest BCUT2D eigenvalue weighted by atomic mass is 10.1. The van der Waals surface area contributed by atoms with Crippen molar-refractivity contribution in [3.8, 4) is 0 Å². The van der Waals surface area contributed by atoms with Gasteiger partial charge in [0.15, 0.2) is 5.78 Å². The fourth-order valence-electron chi connectivity index (χ4n) is 2.62. The molecule has 0 saturated heterocycles. The lowest BCUT2D eigenvalue weighted by Crippen LogP contribution is -2.24. The van der Waals surface area contributed by atoms with Crippen LogP contribution in [0.3, 0.4) is 0 Å². The summed E-state index contributed by atoms with van der Waals surface area (Å²) in [5.41, 5.74) is 2.81. The zero-order valence-corrected chi connectivity index (χ0v) is 13.9. The van der Waals surface area contributed by atoms with Crippen LogP contribution in [0.5, 0.6) is 0 Å². The molecule has 0 atom stereocenters. The molecular formula is C14H21N5OS. The zero-order chi connectivity index (χ0) is 15.8. The number of nitrogen functional groups attached to an aromatic ring is 1. The minimum atomic E-state index is -0.0444. The van der Waals surface area contributed by atoms with Crippen LogP contribution in [-0.4, -0.2) is 31.0 Å². The second kappa shape index (κ2) is 5.55.